The van der Waals surface area contributed by atoms with Crippen LogP contribution in [0.15, 0.2) is 24.3 Å². The lowest BCUT2D eigenvalue weighted by Crippen LogP contribution is -2.41. The molecule has 0 bridgehead atoms. The Morgan fingerprint density at radius 1 is 1.04 bits per heavy atom. The predicted molar refractivity (Wildman–Crippen MR) is 101 cm³/mol. The van der Waals surface area contributed by atoms with Gasteiger partial charge in [0, 0.05) is 12.8 Å². The van der Waals surface area contributed by atoms with Crippen molar-refractivity contribution in [1.29, 1.82) is 0 Å². The van der Waals surface area contributed by atoms with Crippen molar-refractivity contribution in [3.63, 3.8) is 0 Å². The van der Waals surface area contributed by atoms with E-state index in [1.165, 1.54) is 11.1 Å². The van der Waals surface area contributed by atoms with Gasteiger partial charge in [0.25, 0.3) is 0 Å². The molecule has 0 heterocycles. The van der Waals surface area contributed by atoms with E-state index in [-0.39, 0.29) is 11.8 Å². The summed E-state index contributed by atoms with van der Waals surface area (Å²) < 4.78 is 5.71. The number of esters is 1. The highest BCUT2D eigenvalue weighted by Gasteiger charge is 2.43. The SMILES string of the molecule is CCCc1ccc(CCC2(C(=O)OC(C)(C)C)CCC(=O)CC2)cc1. The zero-order valence-electron chi connectivity index (χ0n) is 16.2. The molecule has 1 aliphatic carbocycles. The molecular weight excluding hydrogens is 312 g/mol. The Bertz CT molecular complexity index is 583. The Morgan fingerprint density at radius 2 is 1.56 bits per heavy atom. The van der Waals surface area contributed by atoms with Gasteiger partial charge in [-0.25, -0.2) is 0 Å². The van der Waals surface area contributed by atoms with Crippen LogP contribution in [0, 0.1) is 5.41 Å². The van der Waals surface area contributed by atoms with E-state index in [0.717, 1.165) is 25.7 Å². The Balaban J connectivity index is 2.08. The second-order valence-corrected chi connectivity index (χ2v) is 8.39. The molecule has 0 saturated heterocycles. The van der Waals surface area contributed by atoms with E-state index in [2.05, 4.69) is 31.2 Å². The monoisotopic (exact) mass is 344 g/mol. The fourth-order valence-electron chi connectivity index (χ4n) is 3.49. The van der Waals surface area contributed by atoms with Crippen molar-refractivity contribution in [3.05, 3.63) is 35.4 Å². The summed E-state index contributed by atoms with van der Waals surface area (Å²) in [6, 6.07) is 8.70. The van der Waals surface area contributed by atoms with Gasteiger partial charge >= 0.3 is 5.97 Å². The molecule has 1 fully saturated rings. The van der Waals surface area contributed by atoms with Crippen molar-refractivity contribution in [2.75, 3.05) is 0 Å². The van der Waals surface area contributed by atoms with E-state index in [1.807, 2.05) is 20.8 Å². The number of Topliss-reactive ketones (excluding diaryl/α,β-unsaturated/α-hetero) is 1. The van der Waals surface area contributed by atoms with Crippen LogP contribution in [-0.2, 0) is 27.2 Å². The molecule has 1 saturated carbocycles. The maximum Gasteiger partial charge on any atom is 0.312 e. The number of ether oxygens (including phenoxy) is 1. The summed E-state index contributed by atoms with van der Waals surface area (Å²) in [5.74, 6) is 0.137. The van der Waals surface area contributed by atoms with Crippen LogP contribution in [-0.4, -0.2) is 17.4 Å². The molecule has 0 atom stereocenters. The average Bonchev–Trinajstić information content (AvgIpc) is 2.55. The van der Waals surface area contributed by atoms with E-state index in [0.29, 0.717) is 25.7 Å². The number of ketones is 1. The lowest BCUT2D eigenvalue weighted by atomic mass is 9.70. The molecule has 0 unspecified atom stereocenters. The maximum atomic E-state index is 12.9. The van der Waals surface area contributed by atoms with E-state index < -0.39 is 11.0 Å². The summed E-state index contributed by atoms with van der Waals surface area (Å²) in [5, 5.41) is 0. The van der Waals surface area contributed by atoms with E-state index in [9.17, 15) is 9.59 Å². The van der Waals surface area contributed by atoms with Gasteiger partial charge in [-0.05, 0) is 64.0 Å². The highest BCUT2D eigenvalue weighted by Crippen LogP contribution is 2.41. The molecule has 138 valence electrons. The van der Waals surface area contributed by atoms with Gasteiger partial charge in [-0.15, -0.1) is 0 Å². The third-order valence-electron chi connectivity index (χ3n) is 5.05. The molecule has 0 aromatic heterocycles. The molecule has 2 rings (SSSR count). The predicted octanol–water partition coefficient (Wildman–Crippen LogP) is 5.04. The highest BCUT2D eigenvalue weighted by molar-refractivity contribution is 5.84. The summed E-state index contributed by atoms with van der Waals surface area (Å²) in [6.45, 7) is 7.89. The van der Waals surface area contributed by atoms with Gasteiger partial charge in [-0.2, -0.15) is 0 Å². The van der Waals surface area contributed by atoms with Gasteiger partial charge in [0.2, 0.25) is 0 Å². The average molecular weight is 344 g/mol. The highest BCUT2D eigenvalue weighted by atomic mass is 16.6. The van der Waals surface area contributed by atoms with Crippen LogP contribution in [0.1, 0.15) is 77.3 Å². The number of hydrogen-bond acceptors (Lipinski definition) is 3. The van der Waals surface area contributed by atoms with Crippen LogP contribution in [0.2, 0.25) is 0 Å². The van der Waals surface area contributed by atoms with Crippen molar-refractivity contribution >= 4 is 11.8 Å². The zero-order chi connectivity index (χ0) is 18.5. The second kappa shape index (κ2) is 8.16. The number of carbonyl (C=O) groups excluding carboxylic acids is 2. The molecule has 0 spiro atoms. The normalized spacial score (nSPS) is 17.4. The summed E-state index contributed by atoms with van der Waals surface area (Å²) >= 11 is 0. The van der Waals surface area contributed by atoms with E-state index in [1.54, 1.807) is 0 Å². The molecule has 0 radical (unpaired) electrons. The molecule has 0 aliphatic heterocycles. The van der Waals surface area contributed by atoms with Crippen molar-refractivity contribution in [3.8, 4) is 0 Å². The van der Waals surface area contributed by atoms with Gasteiger partial charge in [0.15, 0.2) is 0 Å². The standard InChI is InChI=1S/C22H32O3/c1-5-6-17-7-9-18(10-8-17)11-14-22(15-12-19(23)13-16-22)20(24)25-21(2,3)4/h7-10H,5-6,11-16H2,1-4H3. The molecule has 0 N–H and O–H groups in total. The third kappa shape index (κ3) is 5.69. The minimum absolute atomic E-state index is 0.130. The quantitative estimate of drug-likeness (QED) is 0.679. The minimum Gasteiger partial charge on any atom is -0.460 e. The maximum absolute atomic E-state index is 12.9. The van der Waals surface area contributed by atoms with E-state index in [4.69, 9.17) is 4.74 Å². The zero-order valence-corrected chi connectivity index (χ0v) is 16.2. The molecular formula is C22H32O3. The van der Waals surface area contributed by atoms with Crippen molar-refractivity contribution in [1.82, 2.24) is 0 Å². The number of benzene rings is 1. The van der Waals surface area contributed by atoms with Crippen LogP contribution < -0.4 is 0 Å². The summed E-state index contributed by atoms with van der Waals surface area (Å²) in [6.07, 6.45) is 6.08. The first-order valence-electron chi connectivity index (χ1n) is 9.57. The van der Waals surface area contributed by atoms with Crippen LogP contribution in [0.5, 0.6) is 0 Å². The number of aryl methyl sites for hydroxylation is 2. The third-order valence-corrected chi connectivity index (χ3v) is 5.05. The number of rotatable bonds is 6. The largest absolute Gasteiger partial charge is 0.460 e. The Morgan fingerprint density at radius 3 is 2.04 bits per heavy atom. The smallest absolute Gasteiger partial charge is 0.312 e. The molecule has 25 heavy (non-hydrogen) atoms. The lowest BCUT2D eigenvalue weighted by molar-refractivity contribution is -0.170. The van der Waals surface area contributed by atoms with Crippen LogP contribution in [0.4, 0.5) is 0 Å². The minimum atomic E-state index is -0.511. The first-order valence-corrected chi connectivity index (χ1v) is 9.57. The Labute approximate surface area is 152 Å². The summed E-state index contributed by atoms with van der Waals surface area (Å²) in [4.78, 5) is 24.5. The Kier molecular flexibility index (Phi) is 6.42. The van der Waals surface area contributed by atoms with Gasteiger partial charge in [0.1, 0.15) is 11.4 Å². The number of carbonyl (C=O) groups is 2. The van der Waals surface area contributed by atoms with Crippen molar-refractivity contribution in [2.24, 2.45) is 5.41 Å². The summed E-state index contributed by atoms with van der Waals surface area (Å²) in [5.41, 5.74) is 1.60. The first kappa shape index (κ1) is 19.7. The van der Waals surface area contributed by atoms with Crippen LogP contribution in [0.25, 0.3) is 0 Å². The van der Waals surface area contributed by atoms with Gasteiger partial charge in [-0.3, -0.25) is 9.59 Å². The van der Waals surface area contributed by atoms with Crippen molar-refractivity contribution in [2.45, 2.75) is 84.7 Å². The lowest BCUT2D eigenvalue weighted by Gasteiger charge is -2.37. The topological polar surface area (TPSA) is 43.4 Å². The fraction of sp³-hybridized carbons (Fsp3) is 0.636. The molecule has 1 aromatic rings. The van der Waals surface area contributed by atoms with Crippen LogP contribution in [0.3, 0.4) is 0 Å². The van der Waals surface area contributed by atoms with Gasteiger partial charge in [0.05, 0.1) is 5.41 Å². The molecule has 3 nitrogen and oxygen atoms in total. The van der Waals surface area contributed by atoms with Gasteiger partial charge < -0.3 is 4.74 Å². The molecule has 1 aromatic carbocycles. The van der Waals surface area contributed by atoms with Crippen molar-refractivity contribution < 1.29 is 14.3 Å². The van der Waals surface area contributed by atoms with Crippen LogP contribution >= 0.6 is 0 Å². The Hall–Kier alpha value is -1.64. The molecule has 3 heteroatoms. The second-order valence-electron chi connectivity index (χ2n) is 8.39. The molecule has 0 amide bonds. The van der Waals surface area contributed by atoms with E-state index >= 15 is 0 Å². The first-order chi connectivity index (χ1) is 11.7. The number of hydrogen-bond donors (Lipinski definition) is 0. The molecule has 1 aliphatic rings. The summed E-state index contributed by atoms with van der Waals surface area (Å²) in [7, 11) is 0. The fourth-order valence-corrected chi connectivity index (χ4v) is 3.49. The van der Waals surface area contributed by atoms with Gasteiger partial charge in [-0.1, -0.05) is 37.6 Å².